The number of aliphatic hydroxyl groups is 1. The number of aromatic nitrogens is 2. The Hall–Kier alpha value is -1.22. The molecule has 0 spiro atoms. The van der Waals surface area contributed by atoms with Crippen molar-refractivity contribution >= 4 is 10.0 Å². The summed E-state index contributed by atoms with van der Waals surface area (Å²) in [6, 6.07) is 0. The van der Waals surface area contributed by atoms with E-state index in [1.54, 1.807) is 6.92 Å². The van der Waals surface area contributed by atoms with Crippen LogP contribution in [0.25, 0.3) is 0 Å². The maximum Gasteiger partial charge on any atom is 0.263 e. The minimum Gasteiger partial charge on any atom is -0.395 e. The Morgan fingerprint density at radius 3 is 2.78 bits per heavy atom. The van der Waals surface area contributed by atoms with Gasteiger partial charge in [0, 0.05) is 30.9 Å². The zero-order valence-corrected chi connectivity index (χ0v) is 11.1. The van der Waals surface area contributed by atoms with E-state index < -0.39 is 10.0 Å². The number of nitrogens with zero attached hydrogens (tertiary/aromatic N) is 2. The third-order valence-corrected chi connectivity index (χ3v) is 4.34. The Kier molecular flexibility index (Phi) is 5.03. The van der Waals surface area contributed by atoms with Crippen molar-refractivity contribution < 1.29 is 13.5 Å². The van der Waals surface area contributed by atoms with Crippen LogP contribution in [0.4, 0.5) is 0 Å². The standard InChI is InChI=1S/C10H18N4O3S/c1-3-4-14(5-6-15)18(16,17)10-9(7-11)8(2)12-13-10/h3,15H,1,4-7,11H2,2H3,(H,12,13). The van der Waals surface area contributed by atoms with Crippen molar-refractivity contribution in [2.45, 2.75) is 18.5 Å². The Balaban J connectivity index is 3.21. The predicted octanol–water partition coefficient (Wildman–Crippen LogP) is -0.654. The molecule has 4 N–H and O–H groups in total. The van der Waals surface area contributed by atoms with Crippen LogP contribution in [0.3, 0.4) is 0 Å². The SMILES string of the molecule is C=CCN(CCO)S(=O)(=O)c1n[nH]c(C)c1CN. The molecule has 0 saturated carbocycles. The second kappa shape index (κ2) is 6.10. The molecule has 18 heavy (non-hydrogen) atoms. The van der Waals surface area contributed by atoms with Gasteiger partial charge in [-0.1, -0.05) is 6.08 Å². The molecule has 0 atom stereocenters. The van der Waals surface area contributed by atoms with E-state index in [-0.39, 0.29) is 31.3 Å². The first-order valence-corrected chi connectivity index (χ1v) is 6.88. The molecule has 0 fully saturated rings. The number of hydrogen-bond acceptors (Lipinski definition) is 5. The van der Waals surface area contributed by atoms with Crippen molar-refractivity contribution in [2.24, 2.45) is 5.73 Å². The lowest BCUT2D eigenvalue weighted by atomic mass is 10.3. The summed E-state index contributed by atoms with van der Waals surface area (Å²) in [6.07, 6.45) is 1.45. The fourth-order valence-corrected chi connectivity index (χ4v) is 3.15. The molecule has 0 unspecified atom stereocenters. The average Bonchev–Trinajstić information content (AvgIpc) is 2.70. The van der Waals surface area contributed by atoms with Gasteiger partial charge in [-0.15, -0.1) is 6.58 Å². The highest BCUT2D eigenvalue weighted by molar-refractivity contribution is 7.89. The zero-order chi connectivity index (χ0) is 13.8. The van der Waals surface area contributed by atoms with Gasteiger partial charge in [0.2, 0.25) is 0 Å². The smallest absolute Gasteiger partial charge is 0.263 e. The summed E-state index contributed by atoms with van der Waals surface area (Å²) >= 11 is 0. The number of aromatic amines is 1. The molecule has 1 aromatic rings. The number of hydrogen-bond donors (Lipinski definition) is 3. The van der Waals surface area contributed by atoms with Crippen LogP contribution in [-0.4, -0.2) is 47.7 Å². The summed E-state index contributed by atoms with van der Waals surface area (Å²) in [7, 11) is -3.77. The van der Waals surface area contributed by atoms with E-state index in [4.69, 9.17) is 10.8 Å². The van der Waals surface area contributed by atoms with Gasteiger partial charge in [-0.2, -0.15) is 9.40 Å². The summed E-state index contributed by atoms with van der Waals surface area (Å²) in [5.41, 5.74) is 6.61. The summed E-state index contributed by atoms with van der Waals surface area (Å²) in [5, 5.41) is 15.2. The fourth-order valence-electron chi connectivity index (χ4n) is 1.57. The van der Waals surface area contributed by atoms with Crippen LogP contribution in [0.15, 0.2) is 17.7 Å². The summed E-state index contributed by atoms with van der Waals surface area (Å²) < 4.78 is 25.8. The molecular weight excluding hydrogens is 256 g/mol. The van der Waals surface area contributed by atoms with Gasteiger partial charge in [0.05, 0.1) is 6.61 Å². The third-order valence-electron chi connectivity index (χ3n) is 2.51. The highest BCUT2D eigenvalue weighted by atomic mass is 32.2. The van der Waals surface area contributed by atoms with Gasteiger partial charge in [-0.3, -0.25) is 5.10 Å². The Labute approximate surface area is 106 Å². The molecule has 8 heteroatoms. The highest BCUT2D eigenvalue weighted by Crippen LogP contribution is 2.19. The van der Waals surface area contributed by atoms with Gasteiger partial charge in [0.1, 0.15) is 0 Å². The molecule has 102 valence electrons. The molecule has 0 aliphatic heterocycles. The second-order valence-electron chi connectivity index (χ2n) is 3.71. The van der Waals surface area contributed by atoms with Crippen LogP contribution in [0.2, 0.25) is 0 Å². The van der Waals surface area contributed by atoms with Crippen LogP contribution < -0.4 is 5.73 Å². The van der Waals surface area contributed by atoms with Gasteiger partial charge in [-0.05, 0) is 6.92 Å². The van der Waals surface area contributed by atoms with E-state index in [9.17, 15) is 8.42 Å². The Bertz CT molecular complexity index is 509. The second-order valence-corrected chi connectivity index (χ2v) is 5.57. The summed E-state index contributed by atoms with van der Waals surface area (Å²) in [5.74, 6) is 0. The van der Waals surface area contributed by atoms with Crippen LogP contribution in [0.5, 0.6) is 0 Å². The molecule has 0 aliphatic carbocycles. The predicted molar refractivity (Wildman–Crippen MR) is 67.3 cm³/mol. The number of H-pyrrole nitrogens is 1. The fraction of sp³-hybridized carbons (Fsp3) is 0.500. The third kappa shape index (κ3) is 2.78. The molecule has 0 saturated heterocycles. The van der Waals surface area contributed by atoms with Crippen molar-refractivity contribution in [3.05, 3.63) is 23.9 Å². The van der Waals surface area contributed by atoms with E-state index >= 15 is 0 Å². The molecule has 0 aliphatic rings. The van der Waals surface area contributed by atoms with Crippen LogP contribution in [-0.2, 0) is 16.6 Å². The summed E-state index contributed by atoms with van der Waals surface area (Å²) in [6.45, 7) is 5.12. The number of nitrogens with two attached hydrogens (primary N) is 1. The largest absolute Gasteiger partial charge is 0.395 e. The average molecular weight is 274 g/mol. The number of rotatable bonds is 7. The maximum atomic E-state index is 12.3. The van der Waals surface area contributed by atoms with Crippen molar-refractivity contribution in [3.8, 4) is 0 Å². The first kappa shape index (κ1) is 14.8. The van der Waals surface area contributed by atoms with Crippen LogP contribution >= 0.6 is 0 Å². The molecule has 1 heterocycles. The van der Waals surface area contributed by atoms with Crippen molar-refractivity contribution in [3.63, 3.8) is 0 Å². The first-order chi connectivity index (χ1) is 8.48. The number of sulfonamides is 1. The number of aliphatic hydroxyl groups excluding tert-OH is 1. The molecule has 0 bridgehead atoms. The van der Waals surface area contributed by atoms with E-state index in [1.165, 1.54) is 6.08 Å². The highest BCUT2D eigenvalue weighted by Gasteiger charge is 2.29. The minimum atomic E-state index is -3.77. The number of nitrogens with one attached hydrogen (secondary N) is 1. The van der Waals surface area contributed by atoms with Crippen molar-refractivity contribution in [2.75, 3.05) is 19.7 Å². The van der Waals surface area contributed by atoms with Gasteiger partial charge >= 0.3 is 0 Å². The van der Waals surface area contributed by atoms with E-state index in [0.717, 1.165) is 4.31 Å². The minimum absolute atomic E-state index is 0.00965. The van der Waals surface area contributed by atoms with Crippen molar-refractivity contribution in [1.82, 2.24) is 14.5 Å². The molecule has 0 radical (unpaired) electrons. The van der Waals surface area contributed by atoms with E-state index in [0.29, 0.717) is 11.3 Å². The lowest BCUT2D eigenvalue weighted by Gasteiger charge is -2.18. The van der Waals surface area contributed by atoms with Crippen LogP contribution in [0.1, 0.15) is 11.3 Å². The Morgan fingerprint density at radius 1 is 1.61 bits per heavy atom. The topological polar surface area (TPSA) is 112 Å². The first-order valence-electron chi connectivity index (χ1n) is 5.44. The molecule has 0 aromatic carbocycles. The van der Waals surface area contributed by atoms with Gasteiger partial charge in [0.25, 0.3) is 10.0 Å². The molecular formula is C10H18N4O3S. The summed E-state index contributed by atoms with van der Waals surface area (Å²) in [4.78, 5) is 0. The zero-order valence-electron chi connectivity index (χ0n) is 10.3. The number of aryl methyl sites for hydroxylation is 1. The van der Waals surface area contributed by atoms with Gasteiger partial charge in [0.15, 0.2) is 5.03 Å². The van der Waals surface area contributed by atoms with Crippen molar-refractivity contribution in [1.29, 1.82) is 0 Å². The molecule has 7 nitrogen and oxygen atoms in total. The molecule has 1 aromatic heterocycles. The quantitative estimate of drug-likeness (QED) is 0.572. The normalized spacial score (nSPS) is 12.0. The van der Waals surface area contributed by atoms with Crippen LogP contribution in [0, 0.1) is 6.92 Å². The van der Waals surface area contributed by atoms with Gasteiger partial charge < -0.3 is 10.8 Å². The molecule has 1 rings (SSSR count). The maximum absolute atomic E-state index is 12.3. The van der Waals surface area contributed by atoms with E-state index in [1.807, 2.05) is 0 Å². The van der Waals surface area contributed by atoms with E-state index in [2.05, 4.69) is 16.8 Å². The lowest BCUT2D eigenvalue weighted by Crippen LogP contribution is -2.34. The monoisotopic (exact) mass is 274 g/mol. The molecule has 0 amide bonds. The Morgan fingerprint density at radius 2 is 2.28 bits per heavy atom. The lowest BCUT2D eigenvalue weighted by molar-refractivity contribution is 0.260. The van der Waals surface area contributed by atoms with Gasteiger partial charge in [-0.25, -0.2) is 8.42 Å².